The predicted molar refractivity (Wildman–Crippen MR) is 98.5 cm³/mol. The van der Waals surface area contributed by atoms with Gasteiger partial charge in [0.15, 0.2) is 5.82 Å². The van der Waals surface area contributed by atoms with E-state index in [1.807, 2.05) is 43.3 Å². The summed E-state index contributed by atoms with van der Waals surface area (Å²) in [6.07, 6.45) is 5.08. The van der Waals surface area contributed by atoms with Crippen molar-refractivity contribution >= 4 is 17.5 Å². The number of nitrogens with zero attached hydrogens (tertiary/aromatic N) is 3. The standard InChI is InChI=1S/C19H18ClN5O/c1-12(16-23-17(25-24-16)13-3-2-10-21-11-13)22-18(26)19(8-9-19)14-4-6-15(20)7-5-14/h2-7,10-12H,8-9H2,1H3,(H,22,26)(H,23,24,25). The molecule has 1 atom stereocenters. The molecule has 1 fully saturated rings. The minimum absolute atomic E-state index is 0.00616. The molecule has 6 nitrogen and oxygen atoms in total. The van der Waals surface area contributed by atoms with Crippen molar-refractivity contribution in [1.82, 2.24) is 25.5 Å². The number of benzene rings is 1. The minimum Gasteiger partial charge on any atom is -0.346 e. The van der Waals surface area contributed by atoms with E-state index in [2.05, 4.69) is 25.5 Å². The molecule has 2 heterocycles. The van der Waals surface area contributed by atoms with Gasteiger partial charge in [-0.3, -0.25) is 14.9 Å². The number of carbonyl (C=O) groups is 1. The van der Waals surface area contributed by atoms with E-state index in [9.17, 15) is 4.79 Å². The summed E-state index contributed by atoms with van der Waals surface area (Å²) in [5.41, 5.74) is 1.37. The highest BCUT2D eigenvalue weighted by molar-refractivity contribution is 6.30. The Labute approximate surface area is 156 Å². The summed E-state index contributed by atoms with van der Waals surface area (Å²) in [6, 6.07) is 10.9. The van der Waals surface area contributed by atoms with Gasteiger partial charge in [-0.25, -0.2) is 4.98 Å². The number of aromatic nitrogens is 4. The van der Waals surface area contributed by atoms with Crippen molar-refractivity contribution in [2.75, 3.05) is 0 Å². The van der Waals surface area contributed by atoms with Crippen molar-refractivity contribution in [1.29, 1.82) is 0 Å². The van der Waals surface area contributed by atoms with E-state index in [1.165, 1.54) is 0 Å². The zero-order valence-electron chi connectivity index (χ0n) is 14.2. The van der Waals surface area contributed by atoms with Gasteiger partial charge < -0.3 is 5.32 Å². The van der Waals surface area contributed by atoms with Crippen LogP contribution in [0.1, 0.15) is 37.2 Å². The maximum atomic E-state index is 12.9. The van der Waals surface area contributed by atoms with Gasteiger partial charge in [0.2, 0.25) is 5.91 Å². The van der Waals surface area contributed by atoms with Crippen LogP contribution in [0.25, 0.3) is 11.4 Å². The van der Waals surface area contributed by atoms with Crippen LogP contribution in [0.2, 0.25) is 5.02 Å². The fourth-order valence-electron chi connectivity index (χ4n) is 3.04. The topological polar surface area (TPSA) is 83.6 Å². The molecule has 0 aliphatic heterocycles. The zero-order valence-corrected chi connectivity index (χ0v) is 15.0. The van der Waals surface area contributed by atoms with Crippen LogP contribution in [0.3, 0.4) is 0 Å². The molecule has 132 valence electrons. The lowest BCUT2D eigenvalue weighted by molar-refractivity contribution is -0.124. The number of carbonyl (C=O) groups excluding carboxylic acids is 1. The summed E-state index contributed by atoms with van der Waals surface area (Å²) < 4.78 is 0. The van der Waals surface area contributed by atoms with E-state index in [0.29, 0.717) is 16.7 Å². The highest BCUT2D eigenvalue weighted by atomic mass is 35.5. The molecule has 2 aromatic heterocycles. The molecule has 1 saturated carbocycles. The molecule has 26 heavy (non-hydrogen) atoms. The van der Waals surface area contributed by atoms with Gasteiger partial charge in [0, 0.05) is 23.0 Å². The van der Waals surface area contributed by atoms with Gasteiger partial charge in [-0.1, -0.05) is 23.7 Å². The second-order valence-electron chi connectivity index (χ2n) is 6.57. The first-order valence-electron chi connectivity index (χ1n) is 8.48. The zero-order chi connectivity index (χ0) is 18.1. The van der Waals surface area contributed by atoms with Crippen LogP contribution >= 0.6 is 11.6 Å². The van der Waals surface area contributed by atoms with E-state index in [4.69, 9.17) is 11.6 Å². The smallest absolute Gasteiger partial charge is 0.231 e. The average Bonchev–Trinajstić information content (AvgIpc) is 3.32. The van der Waals surface area contributed by atoms with Crippen LogP contribution in [-0.4, -0.2) is 26.1 Å². The third-order valence-electron chi connectivity index (χ3n) is 4.76. The van der Waals surface area contributed by atoms with Gasteiger partial charge in [0.1, 0.15) is 5.82 Å². The second kappa shape index (κ2) is 6.53. The largest absolute Gasteiger partial charge is 0.346 e. The van der Waals surface area contributed by atoms with E-state index < -0.39 is 5.41 Å². The summed E-state index contributed by atoms with van der Waals surface area (Å²) in [7, 11) is 0. The molecule has 1 aromatic carbocycles. The summed E-state index contributed by atoms with van der Waals surface area (Å²) in [5, 5.41) is 10.9. The van der Waals surface area contributed by atoms with Crippen LogP contribution in [-0.2, 0) is 10.2 Å². The molecule has 2 N–H and O–H groups in total. The number of rotatable bonds is 5. The fraction of sp³-hybridized carbons (Fsp3) is 0.263. The van der Waals surface area contributed by atoms with Crippen LogP contribution in [0, 0.1) is 0 Å². The molecule has 0 radical (unpaired) electrons. The van der Waals surface area contributed by atoms with Gasteiger partial charge in [0.25, 0.3) is 0 Å². The predicted octanol–water partition coefficient (Wildman–Crippen LogP) is 3.43. The first-order chi connectivity index (χ1) is 12.6. The lowest BCUT2D eigenvalue weighted by Crippen LogP contribution is -2.36. The SMILES string of the molecule is CC(NC(=O)C1(c2ccc(Cl)cc2)CC1)c1nc(-c2cccnc2)n[nH]1. The van der Waals surface area contributed by atoms with Crippen LogP contribution in [0.5, 0.6) is 0 Å². The normalized spacial score (nSPS) is 16.1. The van der Waals surface area contributed by atoms with Crippen LogP contribution < -0.4 is 5.32 Å². The van der Waals surface area contributed by atoms with E-state index in [-0.39, 0.29) is 11.9 Å². The van der Waals surface area contributed by atoms with Gasteiger partial charge in [0.05, 0.1) is 11.5 Å². The average molecular weight is 368 g/mol. The van der Waals surface area contributed by atoms with Gasteiger partial charge in [-0.15, -0.1) is 0 Å². The fourth-order valence-corrected chi connectivity index (χ4v) is 3.16. The Hall–Kier alpha value is -2.73. The van der Waals surface area contributed by atoms with Crippen LogP contribution in [0.15, 0.2) is 48.8 Å². The maximum Gasteiger partial charge on any atom is 0.231 e. The summed E-state index contributed by atoms with van der Waals surface area (Å²) in [5.74, 6) is 1.18. The number of aromatic amines is 1. The molecular weight excluding hydrogens is 350 g/mol. The molecular formula is C19H18ClN5O. The van der Waals surface area contributed by atoms with Gasteiger partial charge in [-0.2, -0.15) is 5.10 Å². The molecule has 0 saturated heterocycles. The molecule has 1 amide bonds. The van der Waals surface area contributed by atoms with Gasteiger partial charge in [-0.05, 0) is 49.6 Å². The number of hydrogen-bond donors (Lipinski definition) is 2. The number of H-pyrrole nitrogens is 1. The molecule has 1 aliphatic carbocycles. The van der Waals surface area contributed by atoms with Crippen molar-refractivity contribution in [2.45, 2.75) is 31.2 Å². The number of amides is 1. The Kier molecular flexibility index (Phi) is 4.20. The Bertz CT molecular complexity index is 919. The molecule has 4 rings (SSSR count). The minimum atomic E-state index is -0.453. The molecule has 7 heteroatoms. The van der Waals surface area contributed by atoms with Crippen molar-refractivity contribution in [3.8, 4) is 11.4 Å². The van der Waals surface area contributed by atoms with Crippen molar-refractivity contribution in [2.24, 2.45) is 0 Å². The molecule has 0 spiro atoms. The Morgan fingerprint density at radius 1 is 1.27 bits per heavy atom. The number of nitrogens with one attached hydrogen (secondary N) is 2. The number of halogens is 1. The lowest BCUT2D eigenvalue weighted by atomic mass is 9.94. The van der Waals surface area contributed by atoms with Crippen LogP contribution in [0.4, 0.5) is 0 Å². The van der Waals surface area contributed by atoms with Crippen molar-refractivity contribution in [3.63, 3.8) is 0 Å². The van der Waals surface area contributed by atoms with Crippen molar-refractivity contribution < 1.29 is 4.79 Å². The summed E-state index contributed by atoms with van der Waals surface area (Å²) >= 11 is 5.95. The number of hydrogen-bond acceptors (Lipinski definition) is 4. The number of pyridine rings is 1. The van der Waals surface area contributed by atoms with Crippen molar-refractivity contribution in [3.05, 3.63) is 65.2 Å². The lowest BCUT2D eigenvalue weighted by Gasteiger charge is -2.18. The maximum absolute atomic E-state index is 12.9. The van der Waals surface area contributed by atoms with E-state index in [1.54, 1.807) is 12.4 Å². The Morgan fingerprint density at radius 2 is 2.04 bits per heavy atom. The highest BCUT2D eigenvalue weighted by Gasteiger charge is 2.51. The summed E-state index contributed by atoms with van der Waals surface area (Å²) in [6.45, 7) is 1.89. The quantitative estimate of drug-likeness (QED) is 0.723. The third-order valence-corrected chi connectivity index (χ3v) is 5.01. The molecule has 1 unspecified atom stereocenters. The first-order valence-corrected chi connectivity index (χ1v) is 8.86. The molecule has 0 bridgehead atoms. The van der Waals surface area contributed by atoms with Gasteiger partial charge >= 0.3 is 0 Å². The van der Waals surface area contributed by atoms with E-state index in [0.717, 1.165) is 24.0 Å². The molecule has 3 aromatic rings. The van der Waals surface area contributed by atoms with E-state index >= 15 is 0 Å². The Morgan fingerprint density at radius 3 is 2.69 bits per heavy atom. The molecule has 1 aliphatic rings. The summed E-state index contributed by atoms with van der Waals surface area (Å²) in [4.78, 5) is 21.4. The first kappa shape index (κ1) is 16.7. The highest BCUT2D eigenvalue weighted by Crippen LogP contribution is 2.48. The second-order valence-corrected chi connectivity index (χ2v) is 7.01. The third kappa shape index (κ3) is 3.08. The Balaban J connectivity index is 1.48. The monoisotopic (exact) mass is 367 g/mol.